The summed E-state index contributed by atoms with van der Waals surface area (Å²) in [6.45, 7) is 7.47. The maximum Gasteiger partial charge on any atom is 0.261 e. The van der Waals surface area contributed by atoms with Crippen LogP contribution in [0, 0.1) is 0 Å². The number of hydrogen-bond donors (Lipinski definition) is 2. The third-order valence-corrected chi connectivity index (χ3v) is 9.41. The van der Waals surface area contributed by atoms with Crippen molar-refractivity contribution in [2.45, 2.75) is 38.3 Å². The van der Waals surface area contributed by atoms with E-state index in [1.165, 1.54) is 10.4 Å². The standard InChI is InChI=1S/C20H29NO2Si/c1-20(2,3)24(18-10-6-4-7-11-18,19-12-8-5-9-13-19)23-16-17(22)14-15-21/h4-13,17,22H,14-16,21H2,1-3H3/t17-/m1/s1. The van der Waals surface area contributed by atoms with Crippen molar-refractivity contribution in [1.29, 1.82) is 0 Å². The molecule has 0 bridgehead atoms. The minimum Gasteiger partial charge on any atom is -0.405 e. The fraction of sp³-hybridized carbons (Fsp3) is 0.400. The van der Waals surface area contributed by atoms with Crippen molar-refractivity contribution in [3.63, 3.8) is 0 Å². The molecule has 0 heterocycles. The quantitative estimate of drug-likeness (QED) is 0.758. The summed E-state index contributed by atoms with van der Waals surface area (Å²) in [6.07, 6.45) is 0.0229. The highest BCUT2D eigenvalue weighted by Gasteiger charge is 2.50. The van der Waals surface area contributed by atoms with Crippen LogP contribution in [0.25, 0.3) is 0 Å². The molecule has 0 unspecified atom stereocenters. The van der Waals surface area contributed by atoms with Crippen LogP contribution in [0.2, 0.25) is 5.04 Å². The van der Waals surface area contributed by atoms with E-state index < -0.39 is 14.4 Å². The molecule has 3 nitrogen and oxygen atoms in total. The normalized spacial score (nSPS) is 13.7. The predicted molar refractivity (Wildman–Crippen MR) is 103 cm³/mol. The highest BCUT2D eigenvalue weighted by Crippen LogP contribution is 2.36. The maximum absolute atomic E-state index is 10.2. The van der Waals surface area contributed by atoms with Gasteiger partial charge in [-0.2, -0.15) is 0 Å². The van der Waals surface area contributed by atoms with Gasteiger partial charge in [0.2, 0.25) is 0 Å². The van der Waals surface area contributed by atoms with Gasteiger partial charge >= 0.3 is 0 Å². The summed E-state index contributed by atoms with van der Waals surface area (Å²) in [4.78, 5) is 0. The zero-order valence-electron chi connectivity index (χ0n) is 14.9. The number of nitrogens with two attached hydrogens (primary N) is 1. The molecule has 0 radical (unpaired) electrons. The average molecular weight is 344 g/mol. The molecule has 4 heteroatoms. The highest BCUT2D eigenvalue weighted by atomic mass is 28.4. The van der Waals surface area contributed by atoms with Gasteiger partial charge in [-0.1, -0.05) is 81.4 Å². The molecule has 0 saturated carbocycles. The van der Waals surface area contributed by atoms with Crippen molar-refractivity contribution in [3.05, 3.63) is 60.7 Å². The molecule has 3 N–H and O–H groups in total. The van der Waals surface area contributed by atoms with Crippen LogP contribution in [-0.2, 0) is 4.43 Å². The van der Waals surface area contributed by atoms with Crippen LogP contribution in [0.1, 0.15) is 27.2 Å². The first-order chi connectivity index (χ1) is 11.4. The van der Waals surface area contributed by atoms with Crippen molar-refractivity contribution in [1.82, 2.24) is 0 Å². The Kier molecular flexibility index (Phi) is 6.35. The molecule has 0 aliphatic carbocycles. The Morgan fingerprint density at radius 3 is 1.79 bits per heavy atom. The Balaban J connectivity index is 2.53. The lowest BCUT2D eigenvalue weighted by Crippen LogP contribution is -2.67. The van der Waals surface area contributed by atoms with Crippen LogP contribution in [-0.4, -0.2) is 32.7 Å². The molecule has 0 fully saturated rings. The molecular formula is C20H29NO2Si. The van der Waals surface area contributed by atoms with Crippen LogP contribution >= 0.6 is 0 Å². The van der Waals surface area contributed by atoms with E-state index in [1.54, 1.807) is 0 Å². The minimum absolute atomic E-state index is 0.0713. The fourth-order valence-corrected chi connectivity index (χ4v) is 7.86. The van der Waals surface area contributed by atoms with E-state index in [4.69, 9.17) is 10.2 Å². The lowest BCUT2D eigenvalue weighted by atomic mass is 10.2. The van der Waals surface area contributed by atoms with Crippen LogP contribution in [0.5, 0.6) is 0 Å². The van der Waals surface area contributed by atoms with Gasteiger partial charge in [0, 0.05) is 0 Å². The summed E-state index contributed by atoms with van der Waals surface area (Å²) >= 11 is 0. The Bertz CT molecular complexity index is 571. The Labute approximate surface area is 146 Å². The van der Waals surface area contributed by atoms with Gasteiger partial charge in [-0.15, -0.1) is 0 Å². The van der Waals surface area contributed by atoms with Gasteiger partial charge in [-0.25, -0.2) is 0 Å². The zero-order chi connectivity index (χ0) is 17.6. The first-order valence-corrected chi connectivity index (χ1v) is 10.5. The van der Waals surface area contributed by atoms with Crippen LogP contribution in [0.15, 0.2) is 60.7 Å². The topological polar surface area (TPSA) is 55.5 Å². The second-order valence-corrected chi connectivity index (χ2v) is 11.5. The molecule has 0 spiro atoms. The van der Waals surface area contributed by atoms with Crippen molar-refractivity contribution in [2.24, 2.45) is 5.73 Å². The number of hydrogen-bond acceptors (Lipinski definition) is 3. The molecule has 24 heavy (non-hydrogen) atoms. The van der Waals surface area contributed by atoms with Crippen LogP contribution in [0.3, 0.4) is 0 Å². The average Bonchev–Trinajstić information content (AvgIpc) is 2.56. The number of aliphatic hydroxyl groups excluding tert-OH is 1. The summed E-state index contributed by atoms with van der Waals surface area (Å²) in [7, 11) is -2.54. The number of aliphatic hydroxyl groups is 1. The molecular weight excluding hydrogens is 314 g/mol. The molecule has 1 atom stereocenters. The second kappa shape index (κ2) is 8.08. The van der Waals surface area contributed by atoms with Gasteiger partial charge in [0.15, 0.2) is 0 Å². The van der Waals surface area contributed by atoms with E-state index >= 15 is 0 Å². The second-order valence-electron chi connectivity index (χ2n) is 7.21. The lowest BCUT2D eigenvalue weighted by molar-refractivity contribution is 0.0971. The van der Waals surface area contributed by atoms with Crippen molar-refractivity contribution in [3.8, 4) is 0 Å². The fourth-order valence-electron chi connectivity index (χ4n) is 3.26. The van der Waals surface area contributed by atoms with Gasteiger partial charge < -0.3 is 15.3 Å². The predicted octanol–water partition coefficient (Wildman–Crippen LogP) is 2.27. The van der Waals surface area contributed by atoms with Crippen molar-refractivity contribution >= 4 is 18.7 Å². The van der Waals surface area contributed by atoms with Crippen molar-refractivity contribution < 1.29 is 9.53 Å². The third-order valence-electron chi connectivity index (χ3n) is 4.41. The molecule has 2 aromatic rings. The number of rotatable bonds is 7. The molecule has 2 rings (SSSR count). The van der Waals surface area contributed by atoms with E-state index in [2.05, 4.69) is 69.3 Å². The summed E-state index contributed by atoms with van der Waals surface area (Å²) < 4.78 is 6.61. The third kappa shape index (κ3) is 3.95. The summed E-state index contributed by atoms with van der Waals surface area (Å²) in [5.74, 6) is 0. The molecule has 0 amide bonds. The van der Waals surface area contributed by atoms with Crippen LogP contribution in [0.4, 0.5) is 0 Å². The van der Waals surface area contributed by atoms with Crippen molar-refractivity contribution in [2.75, 3.05) is 13.2 Å². The van der Waals surface area contributed by atoms with E-state index in [9.17, 15) is 5.11 Å². The van der Waals surface area contributed by atoms with Gasteiger partial charge in [0.05, 0.1) is 12.7 Å². The first kappa shape index (κ1) is 18.9. The highest BCUT2D eigenvalue weighted by molar-refractivity contribution is 6.99. The van der Waals surface area contributed by atoms with Crippen LogP contribution < -0.4 is 16.1 Å². The SMILES string of the molecule is CC(C)(C)[Si](OC[C@H](O)CCN)(c1ccccc1)c1ccccc1. The van der Waals surface area contributed by atoms with Gasteiger partial charge in [0.1, 0.15) is 0 Å². The van der Waals surface area contributed by atoms with Gasteiger partial charge in [-0.3, -0.25) is 0 Å². The smallest absolute Gasteiger partial charge is 0.261 e. The molecule has 0 aromatic heterocycles. The minimum atomic E-state index is -2.54. The summed E-state index contributed by atoms with van der Waals surface area (Å²) in [6, 6.07) is 20.9. The Morgan fingerprint density at radius 1 is 0.958 bits per heavy atom. The lowest BCUT2D eigenvalue weighted by Gasteiger charge is -2.43. The molecule has 2 aromatic carbocycles. The summed E-state index contributed by atoms with van der Waals surface area (Å²) in [5, 5.41) is 12.6. The van der Waals surface area contributed by atoms with Gasteiger partial charge in [0.25, 0.3) is 8.32 Å². The summed E-state index contributed by atoms with van der Waals surface area (Å²) in [5.41, 5.74) is 5.57. The largest absolute Gasteiger partial charge is 0.405 e. The first-order valence-electron chi connectivity index (χ1n) is 8.55. The van der Waals surface area contributed by atoms with Gasteiger partial charge in [-0.05, 0) is 28.4 Å². The molecule has 0 aliphatic heterocycles. The zero-order valence-corrected chi connectivity index (χ0v) is 15.9. The monoisotopic (exact) mass is 343 g/mol. The molecule has 0 aliphatic rings. The van der Waals surface area contributed by atoms with E-state index in [0.717, 1.165) is 0 Å². The number of benzene rings is 2. The maximum atomic E-state index is 10.2. The molecule has 0 saturated heterocycles. The molecule has 130 valence electrons. The van der Waals surface area contributed by atoms with E-state index in [0.29, 0.717) is 19.6 Å². The Morgan fingerprint density at radius 2 is 1.42 bits per heavy atom. The van der Waals surface area contributed by atoms with E-state index in [-0.39, 0.29) is 5.04 Å². The Hall–Kier alpha value is -1.46. The van der Waals surface area contributed by atoms with E-state index in [1.807, 2.05) is 12.1 Å².